The van der Waals surface area contributed by atoms with Crippen molar-refractivity contribution in [2.75, 3.05) is 5.32 Å². The summed E-state index contributed by atoms with van der Waals surface area (Å²) in [5.41, 5.74) is 0.791. The van der Waals surface area contributed by atoms with Crippen molar-refractivity contribution in [3.05, 3.63) is 23.9 Å². The molecule has 0 aliphatic heterocycles. The van der Waals surface area contributed by atoms with E-state index in [1.54, 1.807) is 12.1 Å². The highest BCUT2D eigenvalue weighted by atomic mass is 16.4. The third kappa shape index (κ3) is 2.73. The molecule has 4 heteroatoms. The van der Waals surface area contributed by atoms with Crippen LogP contribution < -0.4 is 5.32 Å². The number of carboxylic acid groups (broad SMARTS) is 1. The number of aromatic nitrogens is 1. The Balaban J connectivity index is 2.95. The first kappa shape index (κ1) is 10.5. The van der Waals surface area contributed by atoms with Crippen molar-refractivity contribution in [1.29, 1.82) is 0 Å². The fraction of sp³-hybridized carbons (Fsp3) is 0.400. The minimum atomic E-state index is -1.09. The second-order valence-corrected chi connectivity index (χ2v) is 4.09. The zero-order valence-electron chi connectivity index (χ0n) is 8.53. The van der Waals surface area contributed by atoms with E-state index in [0.717, 1.165) is 5.69 Å². The van der Waals surface area contributed by atoms with Gasteiger partial charge in [-0.1, -0.05) is 26.8 Å². The van der Waals surface area contributed by atoms with Gasteiger partial charge in [-0.2, -0.15) is 0 Å². The van der Waals surface area contributed by atoms with E-state index < -0.39 is 6.09 Å². The number of anilines is 1. The lowest BCUT2D eigenvalue weighted by molar-refractivity contribution is 0.209. The van der Waals surface area contributed by atoms with Crippen LogP contribution in [-0.4, -0.2) is 16.2 Å². The number of carbonyl (C=O) groups is 1. The largest absolute Gasteiger partial charge is 0.465 e. The molecule has 0 saturated heterocycles. The van der Waals surface area contributed by atoms with Crippen molar-refractivity contribution in [1.82, 2.24) is 4.98 Å². The van der Waals surface area contributed by atoms with Crippen LogP contribution in [0.5, 0.6) is 0 Å². The Labute approximate surface area is 83.0 Å². The summed E-state index contributed by atoms with van der Waals surface area (Å²) in [5.74, 6) is 0.366. The Morgan fingerprint density at radius 3 is 2.57 bits per heavy atom. The Bertz CT molecular complexity index is 342. The van der Waals surface area contributed by atoms with Gasteiger partial charge in [-0.05, 0) is 12.1 Å². The van der Waals surface area contributed by atoms with Crippen molar-refractivity contribution in [2.24, 2.45) is 0 Å². The maximum Gasteiger partial charge on any atom is 0.410 e. The van der Waals surface area contributed by atoms with Crippen LogP contribution in [0.4, 0.5) is 10.6 Å². The van der Waals surface area contributed by atoms with Gasteiger partial charge in [-0.15, -0.1) is 0 Å². The summed E-state index contributed by atoms with van der Waals surface area (Å²) in [6, 6.07) is 5.30. The number of amides is 1. The monoisotopic (exact) mass is 194 g/mol. The summed E-state index contributed by atoms with van der Waals surface area (Å²) in [4.78, 5) is 14.6. The molecular weight excluding hydrogens is 180 g/mol. The smallest absolute Gasteiger partial charge is 0.410 e. The molecule has 0 atom stereocenters. The van der Waals surface area contributed by atoms with Crippen LogP contribution in [0.2, 0.25) is 0 Å². The van der Waals surface area contributed by atoms with Crippen LogP contribution in [0.3, 0.4) is 0 Å². The van der Waals surface area contributed by atoms with E-state index in [9.17, 15) is 4.79 Å². The first-order chi connectivity index (χ1) is 6.39. The fourth-order valence-corrected chi connectivity index (χ4v) is 1.03. The van der Waals surface area contributed by atoms with Crippen LogP contribution >= 0.6 is 0 Å². The van der Waals surface area contributed by atoms with Crippen molar-refractivity contribution in [2.45, 2.75) is 26.2 Å². The summed E-state index contributed by atoms with van der Waals surface area (Å²) in [6.45, 7) is 6.08. The summed E-state index contributed by atoms with van der Waals surface area (Å²) >= 11 is 0. The van der Waals surface area contributed by atoms with E-state index in [2.05, 4.69) is 10.3 Å². The van der Waals surface area contributed by atoms with E-state index in [1.807, 2.05) is 26.8 Å². The van der Waals surface area contributed by atoms with Gasteiger partial charge in [-0.25, -0.2) is 9.78 Å². The third-order valence-corrected chi connectivity index (χ3v) is 1.75. The second-order valence-electron chi connectivity index (χ2n) is 4.09. The fourth-order valence-electron chi connectivity index (χ4n) is 1.03. The SMILES string of the molecule is CC(C)(C)c1cccc(NC(=O)O)n1. The molecule has 0 aromatic carbocycles. The highest BCUT2D eigenvalue weighted by Crippen LogP contribution is 2.20. The summed E-state index contributed by atoms with van der Waals surface area (Å²) in [6.07, 6.45) is -1.09. The zero-order chi connectivity index (χ0) is 10.8. The number of nitrogens with one attached hydrogen (secondary N) is 1. The Kier molecular flexibility index (Phi) is 2.74. The average molecular weight is 194 g/mol. The Morgan fingerprint density at radius 1 is 1.43 bits per heavy atom. The molecular formula is C10H14N2O2. The van der Waals surface area contributed by atoms with Crippen LogP contribution in [0, 0.1) is 0 Å². The van der Waals surface area contributed by atoms with Crippen LogP contribution in [0.1, 0.15) is 26.5 Å². The van der Waals surface area contributed by atoms with Gasteiger partial charge in [0.15, 0.2) is 0 Å². The summed E-state index contributed by atoms with van der Waals surface area (Å²) in [5, 5.41) is 10.7. The molecule has 1 amide bonds. The van der Waals surface area contributed by atoms with Crippen molar-refractivity contribution in [3.8, 4) is 0 Å². The predicted molar refractivity (Wildman–Crippen MR) is 54.6 cm³/mol. The molecule has 0 radical (unpaired) electrons. The van der Waals surface area contributed by atoms with Gasteiger partial charge in [0.05, 0.1) is 0 Å². The molecule has 4 nitrogen and oxygen atoms in total. The van der Waals surface area contributed by atoms with E-state index in [4.69, 9.17) is 5.11 Å². The standard InChI is InChI=1S/C10H14N2O2/c1-10(2,3)7-5-4-6-8(11-7)12-9(13)14/h4-6H,1-3H3,(H,11,12)(H,13,14). The molecule has 0 bridgehead atoms. The number of nitrogens with zero attached hydrogens (tertiary/aromatic N) is 1. The van der Waals surface area contributed by atoms with Crippen LogP contribution in [0.15, 0.2) is 18.2 Å². The van der Waals surface area contributed by atoms with Gasteiger partial charge in [0, 0.05) is 11.1 Å². The highest BCUT2D eigenvalue weighted by molar-refractivity contribution is 5.81. The number of hydrogen-bond donors (Lipinski definition) is 2. The minimum absolute atomic E-state index is 0.0732. The molecule has 1 heterocycles. The first-order valence-electron chi connectivity index (χ1n) is 4.37. The lowest BCUT2D eigenvalue weighted by Crippen LogP contribution is -2.16. The molecule has 0 fully saturated rings. The van der Waals surface area contributed by atoms with E-state index in [0.29, 0.717) is 5.82 Å². The van der Waals surface area contributed by atoms with Crippen molar-refractivity contribution < 1.29 is 9.90 Å². The van der Waals surface area contributed by atoms with E-state index in [1.165, 1.54) is 0 Å². The van der Waals surface area contributed by atoms with E-state index in [-0.39, 0.29) is 5.41 Å². The zero-order valence-corrected chi connectivity index (χ0v) is 8.53. The van der Waals surface area contributed by atoms with Gasteiger partial charge in [-0.3, -0.25) is 5.32 Å². The third-order valence-electron chi connectivity index (χ3n) is 1.75. The normalized spacial score (nSPS) is 11.1. The topological polar surface area (TPSA) is 62.2 Å². The molecule has 76 valence electrons. The predicted octanol–water partition coefficient (Wildman–Crippen LogP) is 2.47. The maximum atomic E-state index is 10.4. The Morgan fingerprint density at radius 2 is 2.07 bits per heavy atom. The molecule has 0 aliphatic rings. The Hall–Kier alpha value is -1.58. The lowest BCUT2D eigenvalue weighted by atomic mass is 9.92. The van der Waals surface area contributed by atoms with Gasteiger partial charge in [0.2, 0.25) is 0 Å². The molecule has 0 spiro atoms. The summed E-state index contributed by atoms with van der Waals surface area (Å²) < 4.78 is 0. The van der Waals surface area contributed by atoms with Crippen molar-refractivity contribution in [3.63, 3.8) is 0 Å². The number of rotatable bonds is 1. The van der Waals surface area contributed by atoms with Crippen molar-refractivity contribution >= 4 is 11.9 Å². The lowest BCUT2D eigenvalue weighted by Gasteiger charge is -2.17. The molecule has 0 aliphatic carbocycles. The minimum Gasteiger partial charge on any atom is -0.465 e. The number of hydrogen-bond acceptors (Lipinski definition) is 2. The molecule has 1 rings (SSSR count). The average Bonchev–Trinajstić information content (AvgIpc) is 2.01. The van der Waals surface area contributed by atoms with Gasteiger partial charge >= 0.3 is 6.09 Å². The van der Waals surface area contributed by atoms with Crippen LogP contribution in [0.25, 0.3) is 0 Å². The molecule has 1 aromatic heterocycles. The summed E-state index contributed by atoms with van der Waals surface area (Å²) in [7, 11) is 0. The van der Waals surface area contributed by atoms with E-state index >= 15 is 0 Å². The first-order valence-corrected chi connectivity index (χ1v) is 4.37. The molecule has 0 unspecified atom stereocenters. The number of pyridine rings is 1. The second kappa shape index (κ2) is 3.65. The van der Waals surface area contributed by atoms with Gasteiger partial charge in [0.25, 0.3) is 0 Å². The van der Waals surface area contributed by atoms with Gasteiger partial charge in [0.1, 0.15) is 5.82 Å². The highest BCUT2D eigenvalue weighted by Gasteiger charge is 2.15. The quantitative estimate of drug-likeness (QED) is 0.721. The molecule has 2 N–H and O–H groups in total. The van der Waals surface area contributed by atoms with Crippen LogP contribution in [-0.2, 0) is 5.41 Å². The maximum absolute atomic E-state index is 10.4. The molecule has 14 heavy (non-hydrogen) atoms. The molecule has 0 saturated carbocycles. The van der Waals surface area contributed by atoms with Gasteiger partial charge < -0.3 is 5.11 Å². The molecule has 1 aromatic rings.